The van der Waals surface area contributed by atoms with Crippen molar-refractivity contribution < 1.29 is 18.3 Å². The molecule has 6 heteroatoms. The van der Waals surface area contributed by atoms with Crippen LogP contribution in [-0.4, -0.2) is 37.1 Å². The molecule has 0 spiro atoms. The Kier molecular flexibility index (Phi) is 5.22. The van der Waals surface area contributed by atoms with Gasteiger partial charge in [-0.1, -0.05) is 0 Å². The third-order valence-electron chi connectivity index (χ3n) is 2.34. The van der Waals surface area contributed by atoms with Gasteiger partial charge in [0.25, 0.3) is 0 Å². The first-order chi connectivity index (χ1) is 8.29. The van der Waals surface area contributed by atoms with Crippen molar-refractivity contribution in [2.24, 2.45) is 0 Å². The van der Waals surface area contributed by atoms with Crippen LogP contribution < -0.4 is 0 Å². The van der Waals surface area contributed by atoms with Crippen LogP contribution in [0.25, 0.3) is 0 Å². The number of phenolic OH excluding ortho intramolecular Hbond substituents is 1. The summed E-state index contributed by atoms with van der Waals surface area (Å²) in [6.45, 7) is 1.47. The first-order valence-corrected chi connectivity index (χ1v) is 8.59. The van der Waals surface area contributed by atoms with E-state index >= 15 is 0 Å². The molecule has 0 aromatic heterocycles. The number of rotatable bonds is 6. The van der Waals surface area contributed by atoms with E-state index in [-0.39, 0.29) is 17.3 Å². The van der Waals surface area contributed by atoms with E-state index in [0.717, 1.165) is 0 Å². The van der Waals surface area contributed by atoms with Gasteiger partial charge in [-0.15, -0.1) is 0 Å². The molecule has 1 N–H and O–H groups in total. The van der Waals surface area contributed by atoms with Gasteiger partial charge in [-0.2, -0.15) is 11.8 Å². The summed E-state index contributed by atoms with van der Waals surface area (Å²) in [5.74, 6) is 1.15. The first kappa shape index (κ1) is 15.0. The number of ketones is 1. The molecule has 0 radical (unpaired) electrons. The fourth-order valence-corrected chi connectivity index (χ4v) is 3.59. The average molecular weight is 288 g/mol. The summed E-state index contributed by atoms with van der Waals surface area (Å²) in [4.78, 5) is 11.2. The van der Waals surface area contributed by atoms with E-state index in [0.29, 0.717) is 22.6 Å². The van der Waals surface area contributed by atoms with Gasteiger partial charge in [-0.25, -0.2) is 8.42 Å². The number of carbonyl (C=O) groups excluding carboxylic acids is 1. The molecule has 0 fully saturated rings. The fraction of sp³-hybridized carbons (Fsp3) is 0.417. The van der Waals surface area contributed by atoms with E-state index in [1.54, 1.807) is 12.1 Å². The Bertz CT molecular complexity index is 535. The largest absolute Gasteiger partial charge is 0.508 e. The Morgan fingerprint density at radius 3 is 2.61 bits per heavy atom. The van der Waals surface area contributed by atoms with Crippen LogP contribution in [0.4, 0.5) is 0 Å². The summed E-state index contributed by atoms with van der Waals surface area (Å²) in [5.41, 5.74) is 1.20. The maximum Gasteiger partial charge on any atom is 0.159 e. The monoisotopic (exact) mass is 288 g/mol. The number of hydrogen-bond acceptors (Lipinski definition) is 5. The normalized spacial score (nSPS) is 11.4. The van der Waals surface area contributed by atoms with E-state index in [4.69, 9.17) is 0 Å². The molecule has 0 saturated heterocycles. The van der Waals surface area contributed by atoms with Gasteiger partial charge in [0.15, 0.2) is 5.78 Å². The molecule has 0 aliphatic rings. The zero-order valence-electron chi connectivity index (χ0n) is 10.3. The lowest BCUT2D eigenvalue weighted by atomic mass is 10.1. The number of thioether (sulfide) groups is 1. The molecule has 0 amide bonds. The molecule has 18 heavy (non-hydrogen) atoms. The Labute approximate surface area is 111 Å². The Hall–Kier alpha value is -1.01. The Balaban J connectivity index is 2.61. The highest BCUT2D eigenvalue weighted by Gasteiger charge is 2.07. The van der Waals surface area contributed by atoms with Gasteiger partial charge in [-0.3, -0.25) is 4.79 Å². The standard InChI is InChI=1S/C12H16O4S2/c1-9(13)10-3-4-12(14)11(7-10)8-17-5-6-18(2,15)16/h3-4,7,14H,5-6,8H2,1-2H3. The predicted octanol–water partition coefficient (Wildman–Crippen LogP) is 1.87. The molecule has 4 nitrogen and oxygen atoms in total. The lowest BCUT2D eigenvalue weighted by Gasteiger charge is -2.06. The maximum atomic E-state index is 11.2. The summed E-state index contributed by atoms with van der Waals surface area (Å²) in [6.07, 6.45) is 1.20. The molecular weight excluding hydrogens is 272 g/mol. The van der Waals surface area contributed by atoms with Crippen molar-refractivity contribution in [3.63, 3.8) is 0 Å². The van der Waals surface area contributed by atoms with E-state index in [1.165, 1.54) is 31.0 Å². The molecule has 0 heterocycles. The second-order valence-electron chi connectivity index (χ2n) is 4.08. The van der Waals surface area contributed by atoms with Gasteiger partial charge in [-0.05, 0) is 25.1 Å². The molecule has 1 aromatic rings. The molecule has 1 aromatic carbocycles. The van der Waals surface area contributed by atoms with Gasteiger partial charge in [0.05, 0.1) is 5.75 Å². The van der Waals surface area contributed by atoms with Crippen molar-refractivity contribution in [1.82, 2.24) is 0 Å². The van der Waals surface area contributed by atoms with E-state index in [2.05, 4.69) is 0 Å². The zero-order chi connectivity index (χ0) is 13.8. The molecular formula is C12H16O4S2. The minimum atomic E-state index is -2.95. The van der Waals surface area contributed by atoms with Gasteiger partial charge < -0.3 is 5.11 Å². The van der Waals surface area contributed by atoms with Crippen molar-refractivity contribution in [3.05, 3.63) is 29.3 Å². The highest BCUT2D eigenvalue weighted by atomic mass is 32.2. The molecule has 0 aliphatic carbocycles. The Morgan fingerprint density at radius 1 is 1.39 bits per heavy atom. The van der Waals surface area contributed by atoms with Crippen LogP contribution in [0.1, 0.15) is 22.8 Å². The number of carbonyl (C=O) groups is 1. The number of benzene rings is 1. The van der Waals surface area contributed by atoms with Crippen molar-refractivity contribution >= 4 is 27.4 Å². The fourth-order valence-electron chi connectivity index (χ4n) is 1.31. The maximum absolute atomic E-state index is 11.2. The average Bonchev–Trinajstić information content (AvgIpc) is 2.24. The Morgan fingerprint density at radius 2 is 2.06 bits per heavy atom. The van der Waals surface area contributed by atoms with Crippen molar-refractivity contribution in [2.75, 3.05) is 17.8 Å². The van der Waals surface area contributed by atoms with E-state index in [1.807, 2.05) is 0 Å². The third-order valence-corrected chi connectivity index (χ3v) is 4.55. The summed E-state index contributed by atoms with van der Waals surface area (Å²) >= 11 is 1.42. The summed E-state index contributed by atoms with van der Waals surface area (Å²) in [5, 5.41) is 9.63. The summed E-state index contributed by atoms with van der Waals surface area (Å²) in [6, 6.07) is 4.70. The van der Waals surface area contributed by atoms with Gasteiger partial charge >= 0.3 is 0 Å². The zero-order valence-corrected chi connectivity index (χ0v) is 12.0. The number of aromatic hydroxyl groups is 1. The lowest BCUT2D eigenvalue weighted by Crippen LogP contribution is -2.05. The summed E-state index contributed by atoms with van der Waals surface area (Å²) in [7, 11) is -2.95. The van der Waals surface area contributed by atoms with Crippen LogP contribution in [0.2, 0.25) is 0 Å². The van der Waals surface area contributed by atoms with Crippen molar-refractivity contribution in [2.45, 2.75) is 12.7 Å². The molecule has 0 aliphatic heterocycles. The number of phenols is 1. The van der Waals surface area contributed by atoms with Gasteiger partial charge in [0.1, 0.15) is 15.6 Å². The third kappa shape index (κ3) is 5.10. The molecule has 0 saturated carbocycles. The quantitative estimate of drug-likeness (QED) is 0.639. The van der Waals surface area contributed by atoms with Crippen LogP contribution in [-0.2, 0) is 15.6 Å². The topological polar surface area (TPSA) is 71.4 Å². The van der Waals surface area contributed by atoms with E-state index in [9.17, 15) is 18.3 Å². The number of hydrogen-bond donors (Lipinski definition) is 1. The van der Waals surface area contributed by atoms with Crippen LogP contribution in [0.5, 0.6) is 5.75 Å². The second kappa shape index (κ2) is 6.24. The minimum absolute atomic E-state index is 0.0580. The van der Waals surface area contributed by atoms with Crippen LogP contribution in [0, 0.1) is 0 Å². The highest BCUT2D eigenvalue weighted by molar-refractivity contribution is 7.99. The molecule has 1 rings (SSSR count). The number of sulfone groups is 1. The predicted molar refractivity (Wildman–Crippen MR) is 74.0 cm³/mol. The van der Waals surface area contributed by atoms with Crippen LogP contribution in [0.15, 0.2) is 18.2 Å². The van der Waals surface area contributed by atoms with Crippen molar-refractivity contribution in [1.29, 1.82) is 0 Å². The highest BCUT2D eigenvalue weighted by Crippen LogP contribution is 2.23. The number of Topliss-reactive ketones (excluding diaryl/α,β-unsaturated/α-hetero) is 1. The second-order valence-corrected chi connectivity index (χ2v) is 7.45. The minimum Gasteiger partial charge on any atom is -0.508 e. The molecule has 100 valence electrons. The molecule has 0 bridgehead atoms. The lowest BCUT2D eigenvalue weighted by molar-refractivity contribution is 0.101. The van der Waals surface area contributed by atoms with Crippen molar-refractivity contribution in [3.8, 4) is 5.75 Å². The van der Waals surface area contributed by atoms with Crippen LogP contribution in [0.3, 0.4) is 0 Å². The summed E-state index contributed by atoms with van der Waals surface area (Å²) < 4.78 is 21.9. The van der Waals surface area contributed by atoms with Gasteiger partial charge in [0.2, 0.25) is 0 Å². The first-order valence-electron chi connectivity index (χ1n) is 5.38. The molecule has 0 atom stereocenters. The molecule has 0 unspecified atom stereocenters. The van der Waals surface area contributed by atoms with Crippen LogP contribution >= 0.6 is 11.8 Å². The SMILES string of the molecule is CC(=O)c1ccc(O)c(CSCCS(C)(=O)=O)c1. The van der Waals surface area contributed by atoms with E-state index < -0.39 is 9.84 Å². The van der Waals surface area contributed by atoms with Gasteiger partial charge in [0, 0.05) is 28.9 Å². The smallest absolute Gasteiger partial charge is 0.159 e.